The van der Waals surface area contributed by atoms with E-state index in [-0.39, 0.29) is 6.61 Å². The lowest BCUT2D eigenvalue weighted by Gasteiger charge is -2.43. The highest BCUT2D eigenvalue weighted by atomic mass is 16.7. The van der Waals surface area contributed by atoms with Gasteiger partial charge in [0.1, 0.15) is 30.5 Å². The van der Waals surface area contributed by atoms with Gasteiger partial charge in [-0.15, -0.1) is 0 Å². The monoisotopic (exact) mass is 338 g/mol. The molecular weight excluding hydrogens is 312 g/mol. The molecule has 2 heterocycles. The summed E-state index contributed by atoms with van der Waals surface area (Å²) in [4.78, 5) is 0. The molecule has 2 saturated heterocycles. The minimum absolute atomic E-state index is 0.148. The fraction of sp³-hybridized carbons (Fsp3) is 1.00. The fourth-order valence-electron chi connectivity index (χ4n) is 2.78. The Morgan fingerprint density at radius 1 is 0.870 bits per heavy atom. The summed E-state index contributed by atoms with van der Waals surface area (Å²) in [6.45, 7) is 0.959. The smallest absolute Gasteiger partial charge is 0.175 e. The van der Waals surface area contributed by atoms with Crippen molar-refractivity contribution < 1.29 is 39.7 Å². The molecule has 10 heteroatoms. The number of rotatable bonds is 4. The first-order valence-electron chi connectivity index (χ1n) is 7.54. The lowest BCUT2D eigenvalue weighted by atomic mass is 9.94. The van der Waals surface area contributed by atoms with E-state index in [1.54, 1.807) is 6.92 Å². The van der Waals surface area contributed by atoms with Crippen molar-refractivity contribution in [2.24, 2.45) is 11.5 Å². The van der Waals surface area contributed by atoms with Crippen LogP contribution in [0.3, 0.4) is 0 Å². The second-order valence-corrected chi connectivity index (χ2v) is 6.06. The Balaban J connectivity index is 1.94. The Hall–Kier alpha value is -0.400. The molecule has 23 heavy (non-hydrogen) atoms. The Labute approximate surface area is 133 Å². The van der Waals surface area contributed by atoms with Gasteiger partial charge in [0.15, 0.2) is 6.29 Å². The van der Waals surface area contributed by atoms with Crippen molar-refractivity contribution in [3.63, 3.8) is 0 Å². The van der Waals surface area contributed by atoms with Gasteiger partial charge in [-0.1, -0.05) is 0 Å². The van der Waals surface area contributed by atoms with Crippen molar-refractivity contribution >= 4 is 0 Å². The van der Waals surface area contributed by atoms with Crippen LogP contribution in [0.4, 0.5) is 0 Å². The largest absolute Gasteiger partial charge is 0.394 e. The van der Waals surface area contributed by atoms with Crippen molar-refractivity contribution in [3.05, 3.63) is 0 Å². The topological polar surface area (TPSA) is 181 Å². The van der Waals surface area contributed by atoms with E-state index in [2.05, 4.69) is 0 Å². The maximum Gasteiger partial charge on any atom is 0.175 e. The van der Waals surface area contributed by atoms with Gasteiger partial charge in [-0.2, -0.15) is 0 Å². The zero-order valence-corrected chi connectivity index (χ0v) is 12.8. The van der Waals surface area contributed by atoms with Crippen molar-refractivity contribution in [2.45, 2.75) is 68.0 Å². The summed E-state index contributed by atoms with van der Waals surface area (Å²) in [5.41, 5.74) is 11.5. The molecule has 0 amide bonds. The third kappa shape index (κ3) is 3.82. The van der Waals surface area contributed by atoms with Crippen LogP contribution in [0.1, 0.15) is 6.92 Å². The Morgan fingerprint density at radius 3 is 2.13 bits per heavy atom. The highest BCUT2D eigenvalue weighted by Crippen LogP contribution is 2.23. The van der Waals surface area contributed by atoms with E-state index < -0.39 is 67.7 Å². The van der Waals surface area contributed by atoms with E-state index in [0.29, 0.717) is 0 Å². The summed E-state index contributed by atoms with van der Waals surface area (Å²) in [5.74, 6) is 0. The van der Waals surface area contributed by atoms with Gasteiger partial charge in [0.05, 0.1) is 37.5 Å². The van der Waals surface area contributed by atoms with E-state index in [9.17, 15) is 20.4 Å². The molecule has 10 atom stereocenters. The normalized spacial score (nSPS) is 51.7. The predicted octanol–water partition coefficient (Wildman–Crippen LogP) is -4.39. The van der Waals surface area contributed by atoms with Crippen LogP contribution in [0.5, 0.6) is 0 Å². The highest BCUT2D eigenvalue weighted by Gasteiger charge is 2.45. The maximum atomic E-state index is 10.0. The minimum Gasteiger partial charge on any atom is -0.394 e. The Morgan fingerprint density at radius 2 is 1.52 bits per heavy atom. The molecule has 0 bridgehead atoms. The first-order chi connectivity index (χ1) is 10.8. The van der Waals surface area contributed by atoms with Crippen molar-refractivity contribution in [1.29, 1.82) is 0 Å². The molecule has 2 aliphatic heterocycles. The van der Waals surface area contributed by atoms with Crippen LogP contribution in [-0.4, -0.2) is 99.8 Å². The fourth-order valence-corrected chi connectivity index (χ4v) is 2.78. The lowest BCUT2D eigenvalue weighted by Crippen LogP contribution is -2.64. The van der Waals surface area contributed by atoms with Crippen LogP contribution >= 0.6 is 0 Å². The molecule has 0 aliphatic carbocycles. The standard InChI is InChI=1S/C13H26N2O8/c1-4-9(17)7(14)10(18)6(22-4)3-21-13-8(15)12(20)11(19)5(2-16)23-13/h4-13,16-20H,2-3,14-15H2,1H3/t4-,5-,6-,7-,8-,9+,10-,11-,12-,13?/m1/s1. The van der Waals surface area contributed by atoms with Crippen LogP contribution in [0.25, 0.3) is 0 Å². The quantitative estimate of drug-likeness (QED) is 0.264. The number of aliphatic hydroxyl groups excluding tert-OH is 5. The van der Waals surface area contributed by atoms with Gasteiger partial charge >= 0.3 is 0 Å². The molecule has 0 radical (unpaired) electrons. The number of nitrogens with two attached hydrogens (primary N) is 2. The van der Waals surface area contributed by atoms with Gasteiger partial charge in [0.2, 0.25) is 0 Å². The zero-order valence-electron chi connectivity index (χ0n) is 12.8. The van der Waals surface area contributed by atoms with Crippen LogP contribution in [-0.2, 0) is 14.2 Å². The molecule has 1 unspecified atom stereocenters. The van der Waals surface area contributed by atoms with Crippen LogP contribution in [0.15, 0.2) is 0 Å². The number of ether oxygens (including phenoxy) is 3. The molecule has 0 aromatic carbocycles. The number of hydrogen-bond donors (Lipinski definition) is 7. The summed E-state index contributed by atoms with van der Waals surface area (Å²) in [7, 11) is 0. The highest BCUT2D eigenvalue weighted by molar-refractivity contribution is 4.94. The molecule has 10 nitrogen and oxygen atoms in total. The third-order valence-corrected chi connectivity index (χ3v) is 4.39. The van der Waals surface area contributed by atoms with Gasteiger partial charge in [0, 0.05) is 0 Å². The Kier molecular flexibility index (Phi) is 6.30. The van der Waals surface area contributed by atoms with Crippen LogP contribution < -0.4 is 11.5 Å². The summed E-state index contributed by atoms with van der Waals surface area (Å²) in [6.07, 6.45) is -8.32. The van der Waals surface area contributed by atoms with E-state index in [4.69, 9.17) is 30.8 Å². The van der Waals surface area contributed by atoms with E-state index in [1.165, 1.54) is 0 Å². The molecule has 0 aromatic heterocycles. The molecule has 2 rings (SSSR count). The van der Waals surface area contributed by atoms with Gasteiger partial charge in [-0.3, -0.25) is 0 Å². The second-order valence-electron chi connectivity index (χ2n) is 6.06. The van der Waals surface area contributed by atoms with Gasteiger partial charge in [0.25, 0.3) is 0 Å². The third-order valence-electron chi connectivity index (χ3n) is 4.39. The van der Waals surface area contributed by atoms with Crippen molar-refractivity contribution in [2.75, 3.05) is 13.2 Å². The molecule has 2 fully saturated rings. The van der Waals surface area contributed by atoms with E-state index >= 15 is 0 Å². The summed E-state index contributed by atoms with van der Waals surface area (Å²) in [6, 6.07) is -1.92. The predicted molar refractivity (Wildman–Crippen MR) is 76.0 cm³/mol. The maximum absolute atomic E-state index is 10.0. The molecule has 2 aliphatic rings. The summed E-state index contributed by atoms with van der Waals surface area (Å²) >= 11 is 0. The number of aliphatic hydroxyl groups is 5. The molecule has 0 spiro atoms. The average Bonchev–Trinajstić information content (AvgIpc) is 2.54. The first kappa shape index (κ1) is 18.9. The van der Waals surface area contributed by atoms with Crippen molar-refractivity contribution in [1.82, 2.24) is 0 Å². The second kappa shape index (κ2) is 7.66. The molecule has 9 N–H and O–H groups in total. The molecular formula is C13H26N2O8. The van der Waals surface area contributed by atoms with Crippen LogP contribution in [0, 0.1) is 0 Å². The van der Waals surface area contributed by atoms with Gasteiger partial charge in [-0.05, 0) is 6.92 Å². The van der Waals surface area contributed by atoms with Gasteiger partial charge < -0.3 is 51.2 Å². The van der Waals surface area contributed by atoms with E-state index in [0.717, 1.165) is 0 Å². The van der Waals surface area contributed by atoms with Crippen LogP contribution in [0.2, 0.25) is 0 Å². The Bertz CT molecular complexity index is 387. The molecule has 136 valence electrons. The van der Waals surface area contributed by atoms with E-state index in [1.807, 2.05) is 0 Å². The van der Waals surface area contributed by atoms with Gasteiger partial charge in [-0.25, -0.2) is 0 Å². The zero-order chi connectivity index (χ0) is 17.3. The average molecular weight is 338 g/mol. The molecule has 0 saturated carbocycles. The SMILES string of the molecule is C[C@H]1O[C@H](COC2O[C@H](CO)[C@@H](O)[C@H](O)[C@H]2N)[C@@H](O)[C@H](N)[C@H]1O. The summed E-state index contributed by atoms with van der Waals surface area (Å²) in [5, 5.41) is 48.5. The van der Waals surface area contributed by atoms with Crippen molar-refractivity contribution in [3.8, 4) is 0 Å². The molecule has 0 aromatic rings. The number of hydrogen-bond acceptors (Lipinski definition) is 10. The first-order valence-corrected chi connectivity index (χ1v) is 7.54. The summed E-state index contributed by atoms with van der Waals surface area (Å²) < 4.78 is 16.2. The minimum atomic E-state index is -1.33. The lowest BCUT2D eigenvalue weighted by molar-refractivity contribution is -0.280.